The lowest BCUT2D eigenvalue weighted by atomic mass is 9.29. The average Bonchev–Trinajstić information content (AvgIpc) is 0.779. The third-order valence-electron chi connectivity index (χ3n) is 20.4. The molecule has 3 aliphatic heterocycles. The number of nitrogens with zero attached hydrogens (tertiary/aromatic N) is 3. The predicted octanol–water partition coefficient (Wildman–Crippen LogP) is 22.0. The zero-order valence-corrected chi connectivity index (χ0v) is 57.0. The third kappa shape index (κ3) is 9.68. The first kappa shape index (κ1) is 54.5. The van der Waals surface area contributed by atoms with Crippen molar-refractivity contribution in [3.8, 4) is 56.3 Å². The zero-order valence-electron chi connectivity index (χ0n) is 61.2. The molecule has 3 nitrogen and oxygen atoms in total. The molecule has 13 aromatic rings. The van der Waals surface area contributed by atoms with Crippen LogP contribution in [0, 0.1) is 11.3 Å². The van der Waals surface area contributed by atoms with Gasteiger partial charge in [0, 0.05) is 48.8 Å². The van der Waals surface area contributed by atoms with Gasteiger partial charge in [0.05, 0.1) is 40.6 Å². The first-order valence-electron chi connectivity index (χ1n) is 35.8. The number of rotatable bonds is 6. The fourth-order valence-corrected chi connectivity index (χ4v) is 16.6. The summed E-state index contributed by atoms with van der Waals surface area (Å²) >= 11 is 1.80. The molecule has 0 radical (unpaired) electrons. The maximum Gasteiger partial charge on any atom is 0.247 e. The van der Waals surface area contributed by atoms with Crippen molar-refractivity contribution < 1.29 is 6.85 Å². The summed E-state index contributed by atoms with van der Waals surface area (Å²) in [5.74, 6) is 0. The number of fused-ring (bicyclic) bond motifs is 13. The molecule has 0 saturated heterocycles. The van der Waals surface area contributed by atoms with Gasteiger partial charge in [-0.1, -0.05) is 276 Å². The van der Waals surface area contributed by atoms with Gasteiger partial charge in [-0.25, -0.2) is 0 Å². The van der Waals surface area contributed by atoms with Crippen molar-refractivity contribution >= 4 is 73.7 Å². The van der Waals surface area contributed by atoms with Gasteiger partial charge in [-0.3, -0.25) is 0 Å². The molecule has 0 atom stereocenters. The van der Waals surface area contributed by atoms with Gasteiger partial charge in [0.25, 0.3) is 0 Å². The van der Waals surface area contributed by atoms with Crippen LogP contribution in [0.25, 0.3) is 72.0 Å². The molecule has 0 aliphatic carbocycles. The quantitative estimate of drug-likeness (QED) is 0.156. The fraction of sp³-hybridized carbons (Fsp3) is 0.189. The van der Waals surface area contributed by atoms with Gasteiger partial charge in [0.2, 0.25) is 6.71 Å². The molecule has 0 bridgehead atoms. The SMILES string of the molecule is [2H]c1c([2H])c([2H])c(-c2ccc3c(c2)B2c4ccc(-n5c6ccc(C#N)cc6c6cc(C(C)(C)C)ccc65)cc4N(c4c(-c5ccccc5)cc(C(C)(C)C)cc4-c4ccccc4)c4cc(-c5cc(C(C)(C)C)cc(C(C)(C)C)c5)cc(c42)C32c3ccccc3Sc3ccccc32)c([2H])c1[2H]. The molecule has 0 saturated carbocycles. The maximum absolute atomic E-state index is 10.5. The lowest BCUT2D eigenvalue weighted by Gasteiger charge is -2.51. The minimum atomic E-state index is -0.988. The first-order valence-corrected chi connectivity index (χ1v) is 34.1. The van der Waals surface area contributed by atoms with Gasteiger partial charge in [0.1, 0.15) is 0 Å². The first-order chi connectivity index (χ1) is 47.6. The van der Waals surface area contributed by atoms with E-state index in [0.717, 1.165) is 126 Å². The van der Waals surface area contributed by atoms with Crippen LogP contribution in [-0.2, 0) is 27.1 Å². The van der Waals surface area contributed by atoms with Gasteiger partial charge in [0.15, 0.2) is 0 Å². The molecule has 3 aliphatic rings. The maximum atomic E-state index is 10.5. The van der Waals surface area contributed by atoms with Crippen LogP contribution in [0.3, 0.4) is 0 Å². The summed E-state index contributed by atoms with van der Waals surface area (Å²) in [7, 11) is 0. The Balaban J connectivity index is 1.15. The Morgan fingerprint density at radius 3 is 1.55 bits per heavy atom. The van der Waals surface area contributed by atoms with E-state index in [2.05, 4.69) is 305 Å². The second kappa shape index (κ2) is 21.9. The lowest BCUT2D eigenvalue weighted by molar-refractivity contribution is 0.569. The summed E-state index contributed by atoms with van der Waals surface area (Å²) in [5, 5.41) is 12.6. The smallest absolute Gasteiger partial charge is 0.247 e. The number of aromatic nitrogens is 1. The number of benzene rings is 12. The lowest BCUT2D eigenvalue weighted by Crippen LogP contribution is -2.65. The van der Waals surface area contributed by atoms with Crippen molar-refractivity contribution in [1.82, 2.24) is 4.57 Å². The molecule has 4 heterocycles. The van der Waals surface area contributed by atoms with E-state index in [0.29, 0.717) is 11.1 Å². The van der Waals surface area contributed by atoms with Crippen LogP contribution in [0.5, 0.6) is 0 Å². The molecular weight excluding hydrogens is 1170 g/mol. The van der Waals surface area contributed by atoms with Crippen LogP contribution in [0.1, 0.15) is 140 Å². The van der Waals surface area contributed by atoms with Crippen LogP contribution >= 0.6 is 11.8 Å². The Morgan fingerprint density at radius 1 is 0.411 bits per heavy atom. The molecule has 1 aromatic heterocycles. The van der Waals surface area contributed by atoms with Gasteiger partial charge >= 0.3 is 0 Å². The van der Waals surface area contributed by atoms with E-state index in [1.165, 1.54) is 22.3 Å². The van der Waals surface area contributed by atoms with Crippen LogP contribution in [0.2, 0.25) is 0 Å². The summed E-state index contributed by atoms with van der Waals surface area (Å²) in [5.41, 5.74) is 24.3. The van der Waals surface area contributed by atoms with Gasteiger partial charge in [-0.15, -0.1) is 0 Å². The Morgan fingerprint density at radius 2 is 0.958 bits per heavy atom. The highest BCUT2D eigenvalue weighted by atomic mass is 32.2. The summed E-state index contributed by atoms with van der Waals surface area (Å²) in [6.07, 6.45) is 0. The average molecular weight is 1250 g/mol. The topological polar surface area (TPSA) is 32.0 Å². The van der Waals surface area contributed by atoms with E-state index >= 15 is 0 Å². The largest absolute Gasteiger partial charge is 0.310 e. The minimum absolute atomic E-state index is 0.150. The molecule has 12 aromatic carbocycles. The molecule has 5 heteroatoms. The second-order valence-corrected chi connectivity index (χ2v) is 31.6. The van der Waals surface area contributed by atoms with Crippen molar-refractivity contribution in [1.29, 1.82) is 5.26 Å². The molecule has 0 amide bonds. The highest BCUT2D eigenvalue weighted by Crippen LogP contribution is 2.59. The Bertz CT molecular complexity index is 5490. The molecule has 0 N–H and O–H groups in total. The Hall–Kier alpha value is -9.86. The van der Waals surface area contributed by atoms with E-state index in [4.69, 9.17) is 4.11 Å². The highest BCUT2D eigenvalue weighted by Gasteiger charge is 2.55. The highest BCUT2D eigenvalue weighted by molar-refractivity contribution is 7.99. The monoisotopic (exact) mass is 1250 g/mol. The van der Waals surface area contributed by atoms with Crippen molar-refractivity contribution in [3.05, 3.63) is 305 Å². The molecule has 16 rings (SSSR count). The van der Waals surface area contributed by atoms with E-state index in [9.17, 15) is 8.00 Å². The fourth-order valence-electron chi connectivity index (χ4n) is 15.5. The molecule has 0 unspecified atom stereocenters. The number of hydrogen-bond acceptors (Lipinski definition) is 3. The van der Waals surface area contributed by atoms with Crippen molar-refractivity contribution in [2.75, 3.05) is 4.90 Å². The van der Waals surface area contributed by atoms with Crippen LogP contribution in [-0.4, -0.2) is 11.3 Å². The molecular formula is C90H78BN3S. The van der Waals surface area contributed by atoms with Crippen LogP contribution in [0.4, 0.5) is 17.1 Å². The van der Waals surface area contributed by atoms with E-state index < -0.39 is 18.2 Å². The molecule has 1 spiro atoms. The van der Waals surface area contributed by atoms with E-state index in [1.807, 2.05) is 18.2 Å². The molecule has 95 heavy (non-hydrogen) atoms. The van der Waals surface area contributed by atoms with Crippen molar-refractivity contribution in [3.63, 3.8) is 0 Å². The van der Waals surface area contributed by atoms with Gasteiger partial charge in [-0.2, -0.15) is 5.26 Å². The van der Waals surface area contributed by atoms with E-state index in [1.54, 1.807) is 11.8 Å². The number of nitriles is 1. The van der Waals surface area contributed by atoms with Crippen LogP contribution in [0.15, 0.2) is 264 Å². The second-order valence-electron chi connectivity index (χ2n) is 30.5. The molecule has 462 valence electrons. The zero-order chi connectivity index (χ0) is 70.0. The van der Waals surface area contributed by atoms with Crippen molar-refractivity contribution in [2.24, 2.45) is 0 Å². The Labute approximate surface area is 572 Å². The van der Waals surface area contributed by atoms with Gasteiger partial charge in [-0.05, 0) is 189 Å². The van der Waals surface area contributed by atoms with Crippen molar-refractivity contribution in [2.45, 2.75) is 120 Å². The standard InChI is InChI=1S/C90H78BN3S/c1-86(2,3)63-38-43-79-71(51-63)70-44-56(55-92)36-42-78(70)93(79)67-39-41-76-80(54-67)94(85-68(58-28-18-14-19-29-58)52-66(89(10,11)12)53-69(85)59-30-20-15-21-31-59)81-49-62(61-45-64(87(4,5)6)50-65(46-61)88(7,8)9)47-75-84(81)91(76)77-48-60(57-26-16-13-17-27-57)37-40-72(77)90(75)73-32-22-24-34-82(73)95-83-35-25-23-33-74(83)90/h13-54H,1-12H3/i13D,16D,17D,26D,27D. The Kier molecular flexibility index (Phi) is 12.5. The van der Waals surface area contributed by atoms with Crippen LogP contribution < -0.4 is 21.3 Å². The minimum Gasteiger partial charge on any atom is -0.310 e. The molecule has 0 fully saturated rings. The number of hydrogen-bond donors (Lipinski definition) is 0. The summed E-state index contributed by atoms with van der Waals surface area (Å²) < 4.78 is 48.6. The van der Waals surface area contributed by atoms with E-state index in [-0.39, 0.29) is 51.4 Å². The summed E-state index contributed by atoms with van der Waals surface area (Å²) in [6, 6.07) is 84.0. The van der Waals surface area contributed by atoms with Gasteiger partial charge < -0.3 is 9.47 Å². The predicted molar refractivity (Wildman–Crippen MR) is 404 cm³/mol. The normalized spacial score (nSPS) is 14.6. The third-order valence-corrected chi connectivity index (χ3v) is 21.6. The summed E-state index contributed by atoms with van der Waals surface area (Å²) in [4.78, 5) is 4.90. The number of anilines is 3. The summed E-state index contributed by atoms with van der Waals surface area (Å²) in [6.45, 7) is 27.0.